The summed E-state index contributed by atoms with van der Waals surface area (Å²) in [6, 6.07) is 10.7. The molecule has 0 radical (unpaired) electrons. The van der Waals surface area contributed by atoms with Crippen LogP contribution in [-0.4, -0.2) is 43.1 Å². The van der Waals surface area contributed by atoms with Crippen LogP contribution in [0.15, 0.2) is 30.3 Å². The predicted octanol–water partition coefficient (Wildman–Crippen LogP) is 4.00. The van der Waals surface area contributed by atoms with Gasteiger partial charge in [0.25, 0.3) is 5.91 Å². The summed E-state index contributed by atoms with van der Waals surface area (Å²) in [5.41, 5.74) is 2.30. The third-order valence-electron chi connectivity index (χ3n) is 6.41. The van der Waals surface area contributed by atoms with E-state index < -0.39 is 0 Å². The third-order valence-corrected chi connectivity index (χ3v) is 6.41. The number of esters is 1. The largest absolute Gasteiger partial charge is 0.456 e. The highest BCUT2D eigenvalue weighted by Gasteiger charge is 2.22. The predicted molar refractivity (Wildman–Crippen MR) is 122 cm³/mol. The Kier molecular flexibility index (Phi) is 7.05. The SMILES string of the molecule is Cc1ccc2nc(N3CCC(CCCC(=O)OCC(=O)NCC4CC4)CC3)ccc2c1. The summed E-state index contributed by atoms with van der Waals surface area (Å²) in [6.45, 7) is 4.66. The number of benzene rings is 1. The van der Waals surface area contributed by atoms with Crippen LogP contribution in [0.5, 0.6) is 0 Å². The standard InChI is InChI=1S/C25H33N3O3/c1-18-5-9-22-21(15-18)8-10-23(27-22)28-13-11-19(12-14-28)3-2-4-25(30)31-17-24(29)26-16-20-6-7-20/h5,8-10,15,19-20H,2-4,6-7,11-14,16-17H2,1H3,(H,26,29). The van der Waals surface area contributed by atoms with Crippen molar-refractivity contribution in [1.82, 2.24) is 10.3 Å². The fourth-order valence-corrected chi connectivity index (χ4v) is 4.25. The van der Waals surface area contributed by atoms with Gasteiger partial charge in [0.15, 0.2) is 6.61 Å². The Morgan fingerprint density at radius 2 is 1.90 bits per heavy atom. The Balaban J connectivity index is 1.13. The molecule has 0 bridgehead atoms. The highest BCUT2D eigenvalue weighted by atomic mass is 16.5. The maximum Gasteiger partial charge on any atom is 0.306 e. The minimum Gasteiger partial charge on any atom is -0.456 e. The molecule has 2 aliphatic rings. The van der Waals surface area contributed by atoms with Crippen LogP contribution in [0.25, 0.3) is 10.9 Å². The molecule has 0 atom stereocenters. The van der Waals surface area contributed by atoms with E-state index in [4.69, 9.17) is 9.72 Å². The summed E-state index contributed by atoms with van der Waals surface area (Å²) in [5, 5.41) is 4.00. The lowest BCUT2D eigenvalue weighted by atomic mass is 9.91. The molecule has 4 rings (SSSR count). The van der Waals surface area contributed by atoms with Crippen LogP contribution in [0.2, 0.25) is 0 Å². The van der Waals surface area contributed by atoms with Crippen LogP contribution < -0.4 is 10.2 Å². The Labute approximate surface area is 184 Å². The zero-order valence-corrected chi connectivity index (χ0v) is 18.4. The highest BCUT2D eigenvalue weighted by Crippen LogP contribution is 2.28. The third kappa shape index (κ3) is 6.42. The molecule has 1 aliphatic carbocycles. The number of nitrogens with zero attached hydrogens (tertiary/aromatic N) is 2. The first-order chi connectivity index (χ1) is 15.1. The van der Waals surface area contributed by atoms with Crippen LogP contribution in [0.3, 0.4) is 0 Å². The van der Waals surface area contributed by atoms with Gasteiger partial charge in [0.1, 0.15) is 5.82 Å². The molecule has 2 heterocycles. The molecule has 6 heteroatoms. The van der Waals surface area contributed by atoms with Gasteiger partial charge < -0.3 is 15.0 Å². The molecule has 2 aromatic rings. The maximum atomic E-state index is 11.9. The van der Waals surface area contributed by atoms with E-state index in [0.717, 1.165) is 50.1 Å². The second-order valence-electron chi connectivity index (χ2n) is 9.10. The van der Waals surface area contributed by atoms with Gasteiger partial charge in [-0.25, -0.2) is 4.98 Å². The second-order valence-corrected chi connectivity index (χ2v) is 9.10. The molecule has 1 aromatic carbocycles. The number of carbonyl (C=O) groups is 2. The monoisotopic (exact) mass is 423 g/mol. The van der Waals surface area contributed by atoms with Gasteiger partial charge in [-0.2, -0.15) is 0 Å². The van der Waals surface area contributed by atoms with Crippen LogP contribution in [-0.2, 0) is 14.3 Å². The number of hydrogen-bond acceptors (Lipinski definition) is 5. The van der Waals surface area contributed by atoms with E-state index in [1.165, 1.54) is 23.8 Å². The summed E-state index contributed by atoms with van der Waals surface area (Å²) in [5.74, 6) is 1.86. The van der Waals surface area contributed by atoms with E-state index in [9.17, 15) is 9.59 Å². The maximum absolute atomic E-state index is 11.9. The van der Waals surface area contributed by atoms with Crippen molar-refractivity contribution in [2.75, 3.05) is 31.1 Å². The van der Waals surface area contributed by atoms with Gasteiger partial charge in [0, 0.05) is 31.4 Å². The lowest BCUT2D eigenvalue weighted by molar-refractivity contribution is -0.148. The normalized spacial score (nSPS) is 17.0. The summed E-state index contributed by atoms with van der Waals surface area (Å²) in [7, 11) is 0. The quantitative estimate of drug-likeness (QED) is 0.617. The van der Waals surface area contributed by atoms with E-state index in [0.29, 0.717) is 24.8 Å². The average molecular weight is 424 g/mol. The number of anilines is 1. The molecule has 166 valence electrons. The average Bonchev–Trinajstić information content (AvgIpc) is 3.61. The number of aryl methyl sites for hydroxylation is 1. The Bertz CT molecular complexity index is 917. The topological polar surface area (TPSA) is 71.5 Å². The number of ether oxygens (including phenoxy) is 1. The molecular weight excluding hydrogens is 390 g/mol. The van der Waals surface area contributed by atoms with Crippen LogP contribution in [0, 0.1) is 18.8 Å². The smallest absolute Gasteiger partial charge is 0.306 e. The number of rotatable bonds is 9. The number of hydrogen-bond donors (Lipinski definition) is 1. The lowest BCUT2D eigenvalue weighted by Gasteiger charge is -2.33. The first kappa shape index (κ1) is 21.6. The molecule has 2 fully saturated rings. The van der Waals surface area contributed by atoms with Crippen molar-refractivity contribution >= 4 is 28.6 Å². The number of piperidine rings is 1. The van der Waals surface area contributed by atoms with Crippen LogP contribution >= 0.6 is 0 Å². The molecule has 1 saturated heterocycles. The van der Waals surface area contributed by atoms with Crippen LogP contribution in [0.4, 0.5) is 5.82 Å². The molecule has 31 heavy (non-hydrogen) atoms. The van der Waals surface area contributed by atoms with Crippen molar-refractivity contribution in [1.29, 1.82) is 0 Å². The van der Waals surface area contributed by atoms with Crippen molar-refractivity contribution in [3.63, 3.8) is 0 Å². The fourth-order valence-electron chi connectivity index (χ4n) is 4.25. The first-order valence-corrected chi connectivity index (χ1v) is 11.6. The summed E-state index contributed by atoms with van der Waals surface area (Å²) >= 11 is 0. The van der Waals surface area contributed by atoms with Gasteiger partial charge in [0.2, 0.25) is 0 Å². The van der Waals surface area contributed by atoms with Crippen molar-refractivity contribution in [2.45, 2.75) is 51.9 Å². The Morgan fingerprint density at radius 1 is 1.10 bits per heavy atom. The zero-order valence-electron chi connectivity index (χ0n) is 18.4. The van der Waals surface area contributed by atoms with Crippen molar-refractivity contribution in [2.24, 2.45) is 11.8 Å². The number of pyridine rings is 1. The number of fused-ring (bicyclic) bond motifs is 1. The second kappa shape index (κ2) is 10.1. The molecule has 1 aliphatic heterocycles. The van der Waals surface area contributed by atoms with Gasteiger partial charge in [-0.1, -0.05) is 11.6 Å². The first-order valence-electron chi connectivity index (χ1n) is 11.6. The lowest BCUT2D eigenvalue weighted by Crippen LogP contribution is -2.34. The van der Waals surface area contributed by atoms with E-state index >= 15 is 0 Å². The number of carbonyl (C=O) groups excluding carboxylic acids is 2. The number of aromatic nitrogens is 1. The Hall–Kier alpha value is -2.63. The minimum absolute atomic E-state index is 0.151. The van der Waals surface area contributed by atoms with Crippen molar-refractivity contribution in [3.05, 3.63) is 35.9 Å². The molecule has 1 amide bonds. The highest BCUT2D eigenvalue weighted by molar-refractivity contribution is 5.81. The molecule has 1 saturated carbocycles. The van der Waals surface area contributed by atoms with E-state index in [2.05, 4.69) is 47.5 Å². The number of nitrogens with one attached hydrogen (secondary N) is 1. The van der Waals surface area contributed by atoms with Gasteiger partial charge >= 0.3 is 5.97 Å². The van der Waals surface area contributed by atoms with Crippen LogP contribution in [0.1, 0.15) is 50.5 Å². The van der Waals surface area contributed by atoms with E-state index in [-0.39, 0.29) is 18.5 Å². The van der Waals surface area contributed by atoms with Gasteiger partial charge in [0.05, 0.1) is 5.52 Å². The molecular formula is C25H33N3O3. The summed E-state index contributed by atoms with van der Waals surface area (Å²) < 4.78 is 5.10. The minimum atomic E-state index is -0.269. The number of amides is 1. The molecule has 6 nitrogen and oxygen atoms in total. The molecule has 1 aromatic heterocycles. The zero-order chi connectivity index (χ0) is 21.6. The van der Waals surface area contributed by atoms with Crippen molar-refractivity contribution < 1.29 is 14.3 Å². The fraction of sp³-hybridized carbons (Fsp3) is 0.560. The van der Waals surface area contributed by atoms with E-state index in [1.54, 1.807) is 0 Å². The van der Waals surface area contributed by atoms with Gasteiger partial charge in [-0.15, -0.1) is 0 Å². The molecule has 0 unspecified atom stereocenters. The molecule has 1 N–H and O–H groups in total. The summed E-state index contributed by atoms with van der Waals surface area (Å²) in [6.07, 6.45) is 6.86. The Morgan fingerprint density at radius 3 is 2.68 bits per heavy atom. The van der Waals surface area contributed by atoms with Crippen molar-refractivity contribution in [3.8, 4) is 0 Å². The van der Waals surface area contributed by atoms with Gasteiger partial charge in [-0.05, 0) is 81.5 Å². The van der Waals surface area contributed by atoms with E-state index in [1.807, 2.05) is 0 Å². The summed E-state index contributed by atoms with van der Waals surface area (Å²) in [4.78, 5) is 30.7. The molecule has 0 spiro atoms. The van der Waals surface area contributed by atoms with Gasteiger partial charge in [-0.3, -0.25) is 9.59 Å².